The first-order chi connectivity index (χ1) is 16.5. The molecule has 0 aliphatic heterocycles. The summed E-state index contributed by atoms with van der Waals surface area (Å²) in [5, 5.41) is 16.5. The van der Waals surface area contributed by atoms with E-state index in [1.807, 2.05) is 42.5 Å². The van der Waals surface area contributed by atoms with Crippen molar-refractivity contribution in [3.8, 4) is 5.75 Å². The minimum atomic E-state index is -0.577. The molecule has 2 aromatic heterocycles. The number of pyridine rings is 1. The van der Waals surface area contributed by atoms with Crippen LogP contribution in [0.25, 0.3) is 22.6 Å². The van der Waals surface area contributed by atoms with Gasteiger partial charge in [0.1, 0.15) is 11.5 Å². The van der Waals surface area contributed by atoms with Gasteiger partial charge in [-0.15, -0.1) is 0 Å². The Bertz CT molecular complexity index is 1440. The first-order valence-corrected chi connectivity index (χ1v) is 10.8. The van der Waals surface area contributed by atoms with E-state index < -0.39 is 18.5 Å². The van der Waals surface area contributed by atoms with Crippen molar-refractivity contribution >= 4 is 40.2 Å². The molecule has 0 fully saturated rings. The Morgan fingerprint density at radius 2 is 1.94 bits per heavy atom. The van der Waals surface area contributed by atoms with Gasteiger partial charge in [-0.2, -0.15) is 0 Å². The van der Waals surface area contributed by atoms with E-state index in [-0.39, 0.29) is 11.6 Å². The van der Waals surface area contributed by atoms with Crippen LogP contribution in [-0.4, -0.2) is 33.7 Å². The van der Waals surface area contributed by atoms with E-state index in [1.165, 1.54) is 0 Å². The predicted octanol–water partition coefficient (Wildman–Crippen LogP) is 4.52. The number of fused-ring (bicyclic) bond motifs is 2. The maximum atomic E-state index is 13.2. The summed E-state index contributed by atoms with van der Waals surface area (Å²) in [6.45, 7) is 1.26. The van der Waals surface area contributed by atoms with E-state index in [9.17, 15) is 14.7 Å². The Balaban J connectivity index is 1.44. The van der Waals surface area contributed by atoms with Crippen molar-refractivity contribution in [2.24, 2.45) is 0 Å². The summed E-state index contributed by atoms with van der Waals surface area (Å²) < 4.78 is 10.3. The van der Waals surface area contributed by atoms with E-state index in [4.69, 9.17) is 14.2 Å². The van der Waals surface area contributed by atoms with Gasteiger partial charge >= 0.3 is 5.97 Å². The minimum absolute atomic E-state index is 0.200. The molecule has 2 aromatic carbocycles. The molecule has 5 rings (SSSR count). The zero-order valence-corrected chi connectivity index (χ0v) is 18.4. The molecule has 0 saturated heterocycles. The molecule has 0 radical (unpaired) electrons. The molecule has 2 heterocycles. The number of carbonyl (C=O) groups excluding carboxylic acids is 2. The highest BCUT2D eigenvalue weighted by Crippen LogP contribution is 2.37. The van der Waals surface area contributed by atoms with E-state index in [2.05, 4.69) is 10.5 Å². The van der Waals surface area contributed by atoms with Crippen molar-refractivity contribution in [2.45, 2.75) is 19.8 Å². The zero-order chi connectivity index (χ0) is 23.7. The highest BCUT2D eigenvalue weighted by Gasteiger charge is 2.28. The van der Waals surface area contributed by atoms with Crippen LogP contribution in [0, 0.1) is 6.92 Å². The fourth-order valence-corrected chi connectivity index (χ4v) is 4.09. The van der Waals surface area contributed by atoms with Crippen LogP contribution in [-0.2, 0) is 16.0 Å². The number of nitrogens with zero attached hydrogens (tertiary/aromatic N) is 2. The predicted molar refractivity (Wildman–Crippen MR) is 126 cm³/mol. The standard InChI is InChI=1S/C26H21N3O5/c1-15-12-22(29-34-15)28-23(31)14-33-26(32)24-19-4-2-3-5-21(19)27-25-17(8-11-20(24)25)13-16-6-9-18(30)10-7-16/h2-7,9-10,12-13,30H,8,11,14H2,1H3,(H,28,29,31)/b17-13-. The number of ether oxygens (including phenoxy) is 1. The quantitative estimate of drug-likeness (QED) is 0.425. The Kier molecular flexibility index (Phi) is 5.55. The van der Waals surface area contributed by atoms with Gasteiger partial charge in [-0.3, -0.25) is 4.79 Å². The van der Waals surface area contributed by atoms with Crippen LogP contribution in [0.1, 0.15) is 39.4 Å². The number of phenolic OH excluding ortho intramolecular Hbond substituents is 1. The highest BCUT2D eigenvalue weighted by molar-refractivity contribution is 6.08. The van der Waals surface area contributed by atoms with Crippen LogP contribution in [0.15, 0.2) is 59.1 Å². The number of hydrogen-bond acceptors (Lipinski definition) is 7. The number of rotatable bonds is 5. The van der Waals surface area contributed by atoms with Crippen LogP contribution in [0.3, 0.4) is 0 Å². The van der Waals surface area contributed by atoms with Gasteiger partial charge in [0, 0.05) is 11.5 Å². The SMILES string of the molecule is Cc1cc(NC(=O)COC(=O)c2c3c(nc4ccccc24)/C(=C\c2ccc(O)cc2)CC3)no1. The molecule has 1 aliphatic carbocycles. The van der Waals surface area contributed by atoms with Crippen molar-refractivity contribution in [1.29, 1.82) is 0 Å². The average molecular weight is 455 g/mol. The summed E-state index contributed by atoms with van der Waals surface area (Å²) in [5.74, 6) is -0.0669. The first kappa shape index (κ1) is 21.4. The minimum Gasteiger partial charge on any atom is -0.508 e. The third-order valence-corrected chi connectivity index (χ3v) is 5.61. The molecule has 0 bridgehead atoms. The number of anilines is 1. The number of aromatic hydroxyl groups is 1. The Morgan fingerprint density at radius 1 is 1.15 bits per heavy atom. The molecule has 0 unspecified atom stereocenters. The van der Waals surface area contributed by atoms with Gasteiger partial charge in [0.15, 0.2) is 12.4 Å². The largest absolute Gasteiger partial charge is 0.508 e. The number of hydrogen-bond donors (Lipinski definition) is 2. The van der Waals surface area contributed by atoms with Crippen molar-refractivity contribution in [2.75, 3.05) is 11.9 Å². The molecule has 2 N–H and O–H groups in total. The summed E-state index contributed by atoms with van der Waals surface area (Å²) in [6.07, 6.45) is 3.35. The van der Waals surface area contributed by atoms with Crippen molar-refractivity contribution < 1.29 is 24.0 Å². The molecule has 4 aromatic rings. The molecular weight excluding hydrogens is 434 g/mol. The normalized spacial score (nSPS) is 13.7. The fourth-order valence-electron chi connectivity index (χ4n) is 4.09. The number of benzene rings is 2. The van der Waals surface area contributed by atoms with Crippen molar-refractivity contribution in [1.82, 2.24) is 10.1 Å². The molecule has 170 valence electrons. The van der Waals surface area contributed by atoms with Gasteiger partial charge in [0.25, 0.3) is 5.91 Å². The fraction of sp³-hybridized carbons (Fsp3) is 0.154. The summed E-state index contributed by atoms with van der Waals surface area (Å²) in [7, 11) is 0. The maximum Gasteiger partial charge on any atom is 0.339 e. The van der Waals surface area contributed by atoms with Gasteiger partial charge < -0.3 is 19.7 Å². The highest BCUT2D eigenvalue weighted by atomic mass is 16.5. The molecule has 1 aliphatic rings. The van der Waals surface area contributed by atoms with Crippen LogP contribution < -0.4 is 5.32 Å². The molecule has 0 spiro atoms. The second kappa shape index (κ2) is 8.82. The van der Waals surface area contributed by atoms with E-state index in [0.717, 1.165) is 22.4 Å². The molecular formula is C26H21N3O5. The number of aryl methyl sites for hydroxylation is 1. The Hall–Kier alpha value is -4.46. The molecule has 8 heteroatoms. The van der Waals surface area contributed by atoms with Crippen LogP contribution in [0.4, 0.5) is 5.82 Å². The zero-order valence-electron chi connectivity index (χ0n) is 18.4. The third kappa shape index (κ3) is 4.25. The Labute approximate surface area is 194 Å². The summed E-state index contributed by atoms with van der Waals surface area (Å²) in [6, 6.07) is 15.9. The van der Waals surface area contributed by atoms with Crippen LogP contribution in [0.5, 0.6) is 5.75 Å². The second-order valence-corrected chi connectivity index (χ2v) is 8.04. The number of allylic oxidation sites excluding steroid dienone is 1. The number of amides is 1. The topological polar surface area (TPSA) is 115 Å². The average Bonchev–Trinajstić information content (AvgIpc) is 3.42. The number of esters is 1. The van der Waals surface area contributed by atoms with Gasteiger partial charge in [-0.25, -0.2) is 9.78 Å². The lowest BCUT2D eigenvalue weighted by atomic mass is 10.0. The van der Waals surface area contributed by atoms with Crippen molar-refractivity contribution in [3.63, 3.8) is 0 Å². The number of aromatic nitrogens is 2. The molecule has 0 saturated carbocycles. The summed E-state index contributed by atoms with van der Waals surface area (Å²) >= 11 is 0. The van der Waals surface area contributed by atoms with E-state index in [0.29, 0.717) is 35.1 Å². The van der Waals surface area contributed by atoms with E-state index in [1.54, 1.807) is 25.1 Å². The lowest BCUT2D eigenvalue weighted by molar-refractivity contribution is -0.119. The second-order valence-electron chi connectivity index (χ2n) is 8.04. The lowest BCUT2D eigenvalue weighted by Gasteiger charge is -2.12. The number of nitrogens with one attached hydrogen (secondary N) is 1. The van der Waals surface area contributed by atoms with Gasteiger partial charge in [-0.1, -0.05) is 35.5 Å². The van der Waals surface area contributed by atoms with Crippen molar-refractivity contribution in [3.05, 3.63) is 82.7 Å². The molecule has 8 nitrogen and oxygen atoms in total. The van der Waals surface area contributed by atoms with E-state index >= 15 is 0 Å². The monoisotopic (exact) mass is 455 g/mol. The smallest absolute Gasteiger partial charge is 0.339 e. The lowest BCUT2D eigenvalue weighted by Crippen LogP contribution is -2.22. The number of phenols is 1. The summed E-state index contributed by atoms with van der Waals surface area (Å²) in [4.78, 5) is 30.2. The Morgan fingerprint density at radius 3 is 2.71 bits per heavy atom. The van der Waals surface area contributed by atoms with Gasteiger partial charge in [0.2, 0.25) is 0 Å². The molecule has 0 atom stereocenters. The number of para-hydroxylation sites is 1. The molecule has 34 heavy (non-hydrogen) atoms. The molecule has 1 amide bonds. The van der Waals surface area contributed by atoms with Gasteiger partial charge in [0.05, 0.1) is 16.8 Å². The summed E-state index contributed by atoms with van der Waals surface area (Å²) in [5.41, 5.74) is 4.59. The maximum absolute atomic E-state index is 13.2. The first-order valence-electron chi connectivity index (χ1n) is 10.8. The van der Waals surface area contributed by atoms with Crippen LogP contribution >= 0.6 is 0 Å². The van der Waals surface area contributed by atoms with Crippen LogP contribution in [0.2, 0.25) is 0 Å². The third-order valence-electron chi connectivity index (χ3n) is 5.61. The van der Waals surface area contributed by atoms with Gasteiger partial charge in [-0.05, 0) is 60.7 Å². The number of carbonyl (C=O) groups is 2.